The van der Waals surface area contributed by atoms with Gasteiger partial charge in [-0.2, -0.15) is 0 Å². The Morgan fingerprint density at radius 1 is 1.46 bits per heavy atom. The summed E-state index contributed by atoms with van der Waals surface area (Å²) in [5, 5.41) is 9.12. The maximum absolute atomic E-state index is 9.12. The molecule has 13 heavy (non-hydrogen) atoms. The average molecular weight is 242 g/mol. The fourth-order valence-corrected chi connectivity index (χ4v) is 2.11. The zero-order chi connectivity index (χ0) is 9.26. The van der Waals surface area contributed by atoms with E-state index in [4.69, 9.17) is 5.11 Å². The predicted molar refractivity (Wildman–Crippen MR) is 54.4 cm³/mol. The zero-order valence-electron chi connectivity index (χ0n) is 7.28. The van der Waals surface area contributed by atoms with Gasteiger partial charge < -0.3 is 5.11 Å². The van der Waals surface area contributed by atoms with Crippen LogP contribution in [0.3, 0.4) is 0 Å². The minimum absolute atomic E-state index is 0.0582. The van der Waals surface area contributed by atoms with Crippen LogP contribution < -0.4 is 0 Å². The van der Waals surface area contributed by atoms with E-state index in [1.165, 1.54) is 0 Å². The SMILES string of the molecule is OC1CC(Cc2cccc(Br)n2)C1. The van der Waals surface area contributed by atoms with Crippen LogP contribution in [0.2, 0.25) is 0 Å². The number of aliphatic hydroxyl groups is 1. The highest BCUT2D eigenvalue weighted by Crippen LogP contribution is 2.30. The maximum atomic E-state index is 9.12. The summed E-state index contributed by atoms with van der Waals surface area (Å²) in [6, 6.07) is 5.97. The van der Waals surface area contributed by atoms with Crippen LogP contribution in [0.25, 0.3) is 0 Å². The van der Waals surface area contributed by atoms with Gasteiger partial charge in [-0.05, 0) is 53.2 Å². The van der Waals surface area contributed by atoms with Crippen LogP contribution >= 0.6 is 15.9 Å². The summed E-state index contributed by atoms with van der Waals surface area (Å²) in [6.45, 7) is 0. The van der Waals surface area contributed by atoms with Gasteiger partial charge in [0.05, 0.1) is 6.10 Å². The molecule has 2 rings (SSSR count). The normalized spacial score (nSPS) is 26.9. The molecule has 0 atom stereocenters. The molecule has 1 fully saturated rings. The van der Waals surface area contributed by atoms with Gasteiger partial charge in [0.15, 0.2) is 0 Å². The van der Waals surface area contributed by atoms with E-state index >= 15 is 0 Å². The highest BCUT2D eigenvalue weighted by atomic mass is 79.9. The van der Waals surface area contributed by atoms with Gasteiger partial charge in [-0.15, -0.1) is 0 Å². The number of hydrogen-bond donors (Lipinski definition) is 1. The molecule has 0 saturated heterocycles. The molecule has 1 aliphatic carbocycles. The summed E-state index contributed by atoms with van der Waals surface area (Å²) in [6.07, 6.45) is 2.82. The van der Waals surface area contributed by atoms with Gasteiger partial charge in [-0.25, -0.2) is 4.98 Å². The van der Waals surface area contributed by atoms with Crippen molar-refractivity contribution in [1.82, 2.24) is 4.98 Å². The lowest BCUT2D eigenvalue weighted by molar-refractivity contribution is 0.0428. The van der Waals surface area contributed by atoms with Crippen LogP contribution in [0.4, 0.5) is 0 Å². The van der Waals surface area contributed by atoms with Gasteiger partial charge >= 0.3 is 0 Å². The van der Waals surface area contributed by atoms with Crippen molar-refractivity contribution in [3.8, 4) is 0 Å². The summed E-state index contributed by atoms with van der Waals surface area (Å²) in [4.78, 5) is 4.36. The molecule has 1 aliphatic rings. The van der Waals surface area contributed by atoms with E-state index in [1.807, 2.05) is 18.2 Å². The van der Waals surface area contributed by atoms with E-state index in [1.54, 1.807) is 0 Å². The molecule has 3 heteroatoms. The number of hydrogen-bond acceptors (Lipinski definition) is 2. The summed E-state index contributed by atoms with van der Waals surface area (Å²) < 4.78 is 0.893. The average Bonchev–Trinajstić information content (AvgIpc) is 2.01. The third-order valence-electron chi connectivity index (χ3n) is 2.48. The molecular weight excluding hydrogens is 230 g/mol. The maximum Gasteiger partial charge on any atom is 0.106 e. The summed E-state index contributed by atoms with van der Waals surface area (Å²) >= 11 is 3.34. The minimum Gasteiger partial charge on any atom is -0.393 e. The van der Waals surface area contributed by atoms with Crippen LogP contribution in [-0.4, -0.2) is 16.2 Å². The standard InChI is InChI=1S/C10H12BrNO/c11-10-3-1-2-8(12-10)4-7-5-9(13)6-7/h1-3,7,9,13H,4-6H2. The van der Waals surface area contributed by atoms with Crippen LogP contribution in [0, 0.1) is 5.92 Å². The molecule has 0 amide bonds. The second-order valence-corrected chi connectivity index (χ2v) is 4.46. The number of nitrogens with zero attached hydrogens (tertiary/aromatic N) is 1. The third kappa shape index (κ3) is 2.29. The third-order valence-corrected chi connectivity index (χ3v) is 2.92. The molecule has 1 heterocycles. The molecule has 1 N–H and O–H groups in total. The quantitative estimate of drug-likeness (QED) is 0.806. The number of rotatable bonds is 2. The van der Waals surface area contributed by atoms with Gasteiger partial charge in [0, 0.05) is 5.69 Å². The van der Waals surface area contributed by atoms with E-state index in [-0.39, 0.29) is 6.10 Å². The smallest absolute Gasteiger partial charge is 0.106 e. The predicted octanol–water partition coefficient (Wildman–Crippen LogP) is 2.16. The van der Waals surface area contributed by atoms with Crippen LogP contribution in [0.1, 0.15) is 18.5 Å². The van der Waals surface area contributed by atoms with Gasteiger partial charge in [-0.3, -0.25) is 0 Å². The first-order chi connectivity index (χ1) is 6.24. The largest absolute Gasteiger partial charge is 0.393 e. The van der Waals surface area contributed by atoms with E-state index in [2.05, 4.69) is 20.9 Å². The van der Waals surface area contributed by atoms with Crippen LogP contribution in [0.5, 0.6) is 0 Å². The highest BCUT2D eigenvalue weighted by Gasteiger charge is 2.27. The Kier molecular flexibility index (Phi) is 2.65. The number of aliphatic hydroxyl groups excluding tert-OH is 1. The molecule has 0 unspecified atom stereocenters. The van der Waals surface area contributed by atoms with Crippen molar-refractivity contribution < 1.29 is 5.11 Å². The lowest BCUT2D eigenvalue weighted by Gasteiger charge is -2.30. The van der Waals surface area contributed by atoms with Crippen molar-refractivity contribution in [1.29, 1.82) is 0 Å². The Morgan fingerprint density at radius 2 is 2.23 bits per heavy atom. The van der Waals surface area contributed by atoms with E-state index in [0.29, 0.717) is 5.92 Å². The van der Waals surface area contributed by atoms with Crippen molar-refractivity contribution in [3.63, 3.8) is 0 Å². The topological polar surface area (TPSA) is 33.1 Å². The van der Waals surface area contributed by atoms with Crippen molar-refractivity contribution >= 4 is 15.9 Å². The Balaban J connectivity index is 1.94. The Morgan fingerprint density at radius 3 is 2.85 bits per heavy atom. The lowest BCUT2D eigenvalue weighted by Crippen LogP contribution is -2.29. The van der Waals surface area contributed by atoms with Crippen molar-refractivity contribution in [3.05, 3.63) is 28.5 Å². The Labute approximate surface area is 86.1 Å². The Bertz CT molecular complexity index is 297. The first kappa shape index (κ1) is 9.16. The van der Waals surface area contributed by atoms with E-state index < -0.39 is 0 Å². The molecule has 0 spiro atoms. The summed E-state index contributed by atoms with van der Waals surface area (Å²) in [7, 11) is 0. The van der Waals surface area contributed by atoms with Crippen molar-refractivity contribution in [2.75, 3.05) is 0 Å². The van der Waals surface area contributed by atoms with Crippen molar-refractivity contribution in [2.24, 2.45) is 5.92 Å². The molecule has 2 nitrogen and oxygen atoms in total. The molecule has 0 aromatic carbocycles. The second-order valence-electron chi connectivity index (χ2n) is 3.65. The van der Waals surface area contributed by atoms with Gasteiger partial charge in [0.1, 0.15) is 4.60 Å². The van der Waals surface area contributed by atoms with Gasteiger partial charge in [0.25, 0.3) is 0 Å². The highest BCUT2D eigenvalue weighted by molar-refractivity contribution is 9.10. The first-order valence-electron chi connectivity index (χ1n) is 4.53. The second kappa shape index (κ2) is 3.76. The fraction of sp³-hybridized carbons (Fsp3) is 0.500. The Hall–Kier alpha value is -0.410. The molecule has 0 radical (unpaired) electrons. The molecule has 1 saturated carbocycles. The first-order valence-corrected chi connectivity index (χ1v) is 5.33. The number of pyridine rings is 1. The molecular formula is C10H12BrNO. The molecule has 0 bridgehead atoms. The van der Waals surface area contributed by atoms with Crippen LogP contribution in [0.15, 0.2) is 22.8 Å². The minimum atomic E-state index is -0.0582. The monoisotopic (exact) mass is 241 g/mol. The lowest BCUT2D eigenvalue weighted by atomic mass is 9.79. The van der Waals surface area contributed by atoms with E-state index in [0.717, 1.165) is 29.6 Å². The molecule has 70 valence electrons. The molecule has 1 aromatic heterocycles. The molecule has 1 aromatic rings. The number of halogens is 1. The number of aromatic nitrogens is 1. The fourth-order valence-electron chi connectivity index (χ4n) is 1.73. The van der Waals surface area contributed by atoms with Gasteiger partial charge in [-0.1, -0.05) is 6.07 Å². The van der Waals surface area contributed by atoms with Crippen molar-refractivity contribution in [2.45, 2.75) is 25.4 Å². The molecule has 0 aliphatic heterocycles. The van der Waals surface area contributed by atoms with Gasteiger partial charge in [0.2, 0.25) is 0 Å². The summed E-state index contributed by atoms with van der Waals surface area (Å²) in [5.41, 5.74) is 1.12. The van der Waals surface area contributed by atoms with E-state index in [9.17, 15) is 0 Å². The summed E-state index contributed by atoms with van der Waals surface area (Å²) in [5.74, 6) is 0.636. The zero-order valence-corrected chi connectivity index (χ0v) is 8.87. The van der Waals surface area contributed by atoms with Crippen LogP contribution in [-0.2, 0) is 6.42 Å².